The molecule has 1 N–H and O–H groups in total. The highest BCUT2D eigenvalue weighted by atomic mass is 16.5. The number of ether oxygens (including phenoxy) is 1. The van der Waals surface area contributed by atoms with E-state index in [9.17, 15) is 4.79 Å². The van der Waals surface area contributed by atoms with Crippen LogP contribution in [0.2, 0.25) is 0 Å². The SMILES string of the molecule is CC(C)OCC(=O)NC1CCN(C(C)C)CC1. The number of amides is 1. The molecule has 17 heavy (non-hydrogen) atoms. The zero-order valence-corrected chi connectivity index (χ0v) is 11.5. The van der Waals surface area contributed by atoms with Crippen molar-refractivity contribution in [3.05, 3.63) is 0 Å². The van der Waals surface area contributed by atoms with Gasteiger partial charge in [-0.3, -0.25) is 4.79 Å². The van der Waals surface area contributed by atoms with Gasteiger partial charge in [-0.1, -0.05) is 0 Å². The lowest BCUT2D eigenvalue weighted by molar-refractivity contribution is -0.128. The summed E-state index contributed by atoms with van der Waals surface area (Å²) in [5.74, 6) is 0.0155. The molecular formula is C13H26N2O2. The van der Waals surface area contributed by atoms with Gasteiger partial charge in [0, 0.05) is 25.2 Å². The number of rotatable bonds is 5. The van der Waals surface area contributed by atoms with Crippen LogP contribution in [0.25, 0.3) is 0 Å². The summed E-state index contributed by atoms with van der Waals surface area (Å²) in [5, 5.41) is 3.04. The summed E-state index contributed by atoms with van der Waals surface area (Å²) in [6, 6.07) is 0.934. The van der Waals surface area contributed by atoms with Gasteiger partial charge >= 0.3 is 0 Å². The Morgan fingerprint density at radius 1 is 1.29 bits per heavy atom. The molecule has 1 fully saturated rings. The van der Waals surface area contributed by atoms with Gasteiger partial charge in [0.2, 0.25) is 5.91 Å². The molecule has 4 nitrogen and oxygen atoms in total. The normalized spacial score (nSPS) is 18.9. The highest BCUT2D eigenvalue weighted by Crippen LogP contribution is 2.12. The molecule has 0 spiro atoms. The number of carbonyl (C=O) groups is 1. The zero-order chi connectivity index (χ0) is 12.8. The minimum atomic E-state index is 0.0155. The van der Waals surface area contributed by atoms with Gasteiger partial charge in [-0.2, -0.15) is 0 Å². The third kappa shape index (κ3) is 5.50. The second-order valence-corrected chi connectivity index (χ2v) is 5.33. The van der Waals surface area contributed by atoms with E-state index in [1.807, 2.05) is 13.8 Å². The van der Waals surface area contributed by atoms with Crippen LogP contribution < -0.4 is 5.32 Å². The first-order valence-corrected chi connectivity index (χ1v) is 6.64. The maximum Gasteiger partial charge on any atom is 0.246 e. The molecule has 100 valence electrons. The van der Waals surface area contributed by atoms with Crippen LogP contribution in [0.5, 0.6) is 0 Å². The molecular weight excluding hydrogens is 216 g/mol. The Labute approximate surface area is 105 Å². The standard InChI is InChI=1S/C13H26N2O2/c1-10(2)15-7-5-12(6-8-15)14-13(16)9-17-11(3)4/h10-12H,5-9H2,1-4H3,(H,14,16). The van der Waals surface area contributed by atoms with Crippen molar-refractivity contribution in [2.24, 2.45) is 0 Å². The lowest BCUT2D eigenvalue weighted by Gasteiger charge is -2.34. The summed E-state index contributed by atoms with van der Waals surface area (Å²) in [7, 11) is 0. The van der Waals surface area contributed by atoms with Gasteiger partial charge in [0.05, 0.1) is 6.10 Å². The van der Waals surface area contributed by atoms with Crippen molar-refractivity contribution < 1.29 is 9.53 Å². The van der Waals surface area contributed by atoms with Crippen LogP contribution in [0.15, 0.2) is 0 Å². The molecule has 4 heteroatoms. The van der Waals surface area contributed by atoms with Crippen molar-refractivity contribution in [1.82, 2.24) is 10.2 Å². The van der Waals surface area contributed by atoms with Gasteiger partial charge in [0.1, 0.15) is 6.61 Å². The average Bonchev–Trinajstić information content (AvgIpc) is 2.27. The van der Waals surface area contributed by atoms with E-state index in [1.54, 1.807) is 0 Å². The molecule has 1 aliphatic rings. The third-order valence-electron chi connectivity index (χ3n) is 3.17. The molecule has 0 aromatic rings. The average molecular weight is 242 g/mol. The summed E-state index contributed by atoms with van der Waals surface area (Å²) in [5.41, 5.74) is 0. The molecule has 0 unspecified atom stereocenters. The van der Waals surface area contributed by atoms with Crippen LogP contribution in [0.3, 0.4) is 0 Å². The van der Waals surface area contributed by atoms with Crippen molar-refractivity contribution in [2.75, 3.05) is 19.7 Å². The van der Waals surface area contributed by atoms with Gasteiger partial charge in [0.25, 0.3) is 0 Å². The van der Waals surface area contributed by atoms with E-state index in [4.69, 9.17) is 4.74 Å². The summed E-state index contributed by atoms with van der Waals surface area (Å²) < 4.78 is 5.28. The Bertz CT molecular complexity index is 234. The number of carbonyl (C=O) groups excluding carboxylic acids is 1. The van der Waals surface area contributed by atoms with E-state index >= 15 is 0 Å². The first-order chi connectivity index (χ1) is 7.99. The van der Waals surface area contributed by atoms with Crippen LogP contribution in [0.1, 0.15) is 40.5 Å². The second kappa shape index (κ2) is 6.97. The van der Waals surface area contributed by atoms with Crippen LogP contribution in [-0.4, -0.2) is 48.7 Å². The Balaban J connectivity index is 2.19. The summed E-state index contributed by atoms with van der Waals surface area (Å²) in [6.07, 6.45) is 2.21. The summed E-state index contributed by atoms with van der Waals surface area (Å²) in [6.45, 7) is 10.6. The Morgan fingerprint density at radius 3 is 2.35 bits per heavy atom. The molecule has 0 radical (unpaired) electrons. The lowest BCUT2D eigenvalue weighted by atomic mass is 10.0. The molecule has 0 aromatic heterocycles. The molecule has 1 rings (SSSR count). The summed E-state index contributed by atoms with van der Waals surface area (Å²) >= 11 is 0. The van der Waals surface area contributed by atoms with Crippen molar-refractivity contribution in [1.29, 1.82) is 0 Å². The summed E-state index contributed by atoms with van der Waals surface area (Å²) in [4.78, 5) is 14.0. The first kappa shape index (κ1) is 14.5. The Morgan fingerprint density at radius 2 is 1.88 bits per heavy atom. The van der Waals surface area contributed by atoms with Gasteiger partial charge in [-0.05, 0) is 40.5 Å². The number of hydrogen-bond acceptors (Lipinski definition) is 3. The van der Waals surface area contributed by atoms with Gasteiger partial charge in [0.15, 0.2) is 0 Å². The van der Waals surface area contributed by atoms with Crippen LogP contribution in [-0.2, 0) is 9.53 Å². The highest BCUT2D eigenvalue weighted by molar-refractivity contribution is 5.77. The highest BCUT2D eigenvalue weighted by Gasteiger charge is 2.21. The molecule has 0 atom stereocenters. The monoisotopic (exact) mass is 242 g/mol. The van der Waals surface area contributed by atoms with Gasteiger partial charge in [-0.15, -0.1) is 0 Å². The van der Waals surface area contributed by atoms with Crippen molar-refractivity contribution in [2.45, 2.75) is 58.7 Å². The van der Waals surface area contributed by atoms with Crippen molar-refractivity contribution in [3.63, 3.8) is 0 Å². The van der Waals surface area contributed by atoms with E-state index in [1.165, 1.54) is 0 Å². The van der Waals surface area contributed by atoms with Crippen LogP contribution in [0.4, 0.5) is 0 Å². The number of hydrogen-bond donors (Lipinski definition) is 1. The quantitative estimate of drug-likeness (QED) is 0.792. The van der Waals surface area contributed by atoms with E-state index in [0.717, 1.165) is 25.9 Å². The molecule has 0 saturated carbocycles. The fourth-order valence-electron chi connectivity index (χ4n) is 2.07. The van der Waals surface area contributed by atoms with Gasteiger partial charge < -0.3 is 15.0 Å². The fourth-order valence-corrected chi connectivity index (χ4v) is 2.07. The third-order valence-corrected chi connectivity index (χ3v) is 3.17. The maximum atomic E-state index is 11.6. The lowest BCUT2D eigenvalue weighted by Crippen LogP contribution is -2.47. The molecule has 1 aliphatic heterocycles. The predicted molar refractivity (Wildman–Crippen MR) is 69.0 cm³/mol. The Hall–Kier alpha value is -0.610. The fraction of sp³-hybridized carbons (Fsp3) is 0.923. The van der Waals surface area contributed by atoms with E-state index < -0.39 is 0 Å². The molecule has 0 aliphatic carbocycles. The smallest absolute Gasteiger partial charge is 0.246 e. The molecule has 1 amide bonds. The molecule has 0 bridgehead atoms. The number of nitrogens with zero attached hydrogens (tertiary/aromatic N) is 1. The zero-order valence-electron chi connectivity index (χ0n) is 11.5. The Kier molecular flexibility index (Phi) is 5.92. The molecule has 0 aromatic carbocycles. The number of nitrogens with one attached hydrogen (secondary N) is 1. The minimum absolute atomic E-state index is 0.0155. The number of piperidine rings is 1. The molecule has 1 heterocycles. The largest absolute Gasteiger partial charge is 0.369 e. The molecule has 1 saturated heterocycles. The van der Waals surface area contributed by atoms with E-state index in [2.05, 4.69) is 24.1 Å². The first-order valence-electron chi connectivity index (χ1n) is 6.64. The van der Waals surface area contributed by atoms with Crippen molar-refractivity contribution in [3.8, 4) is 0 Å². The predicted octanol–water partition coefficient (Wildman–Crippen LogP) is 1.40. The van der Waals surface area contributed by atoms with E-state index in [0.29, 0.717) is 12.1 Å². The van der Waals surface area contributed by atoms with E-state index in [-0.39, 0.29) is 18.6 Å². The van der Waals surface area contributed by atoms with Crippen LogP contribution in [0, 0.1) is 0 Å². The minimum Gasteiger partial charge on any atom is -0.369 e. The van der Waals surface area contributed by atoms with Gasteiger partial charge in [-0.25, -0.2) is 0 Å². The van der Waals surface area contributed by atoms with Crippen LogP contribution >= 0.6 is 0 Å². The topological polar surface area (TPSA) is 41.6 Å². The maximum absolute atomic E-state index is 11.6. The van der Waals surface area contributed by atoms with Crippen molar-refractivity contribution >= 4 is 5.91 Å². The second-order valence-electron chi connectivity index (χ2n) is 5.33. The number of likely N-dealkylation sites (tertiary alicyclic amines) is 1.